The molecule has 0 saturated heterocycles. The summed E-state index contributed by atoms with van der Waals surface area (Å²) >= 11 is 0. The minimum atomic E-state index is -0.426. The number of rotatable bonds is 5. The number of benzene rings is 1. The van der Waals surface area contributed by atoms with Gasteiger partial charge in [-0.2, -0.15) is 0 Å². The maximum Gasteiger partial charge on any atom is 0.306 e. The van der Waals surface area contributed by atoms with Crippen molar-refractivity contribution < 1.29 is 14.3 Å². The summed E-state index contributed by atoms with van der Waals surface area (Å²) in [7, 11) is 0. The Morgan fingerprint density at radius 3 is 2.09 bits per heavy atom. The van der Waals surface area contributed by atoms with Gasteiger partial charge in [-0.3, -0.25) is 9.59 Å². The lowest BCUT2D eigenvalue weighted by Gasteiger charge is -2.32. The van der Waals surface area contributed by atoms with Crippen LogP contribution < -0.4 is 5.32 Å². The predicted molar refractivity (Wildman–Crippen MR) is 91.7 cm³/mol. The summed E-state index contributed by atoms with van der Waals surface area (Å²) in [6, 6.07) is 9.52. The third-order valence-corrected chi connectivity index (χ3v) is 3.47. The number of amides is 1. The van der Waals surface area contributed by atoms with E-state index in [0.29, 0.717) is 0 Å². The highest BCUT2D eigenvalue weighted by Crippen LogP contribution is 2.30. The van der Waals surface area contributed by atoms with Crippen molar-refractivity contribution in [2.45, 2.75) is 60.1 Å². The fourth-order valence-electron chi connectivity index (χ4n) is 2.21. The molecule has 0 unspecified atom stereocenters. The standard InChI is InChI=1S/C19H29NO3/c1-18(2,3)15(17(22)20-19(4,5)6)12-16(21)23-13-14-10-8-7-9-11-14/h7-11,15H,12-13H2,1-6H3,(H,20,22)/t15-/m0/s1. The molecular formula is C19H29NO3. The van der Waals surface area contributed by atoms with Crippen LogP contribution >= 0.6 is 0 Å². The molecule has 1 rings (SSSR count). The van der Waals surface area contributed by atoms with Gasteiger partial charge in [0.15, 0.2) is 0 Å². The molecule has 1 amide bonds. The van der Waals surface area contributed by atoms with E-state index >= 15 is 0 Å². The second-order valence-corrected chi connectivity index (χ2v) is 8.01. The highest BCUT2D eigenvalue weighted by Gasteiger charge is 2.35. The highest BCUT2D eigenvalue weighted by molar-refractivity contribution is 5.84. The van der Waals surface area contributed by atoms with Gasteiger partial charge in [0, 0.05) is 5.54 Å². The van der Waals surface area contributed by atoms with Gasteiger partial charge < -0.3 is 10.1 Å². The largest absolute Gasteiger partial charge is 0.461 e. The van der Waals surface area contributed by atoms with Crippen LogP contribution in [0.1, 0.15) is 53.5 Å². The third-order valence-electron chi connectivity index (χ3n) is 3.47. The summed E-state index contributed by atoms with van der Waals surface area (Å²) in [4.78, 5) is 24.6. The average molecular weight is 319 g/mol. The SMILES string of the molecule is CC(C)(C)NC(=O)[C@H](CC(=O)OCc1ccccc1)C(C)(C)C. The van der Waals surface area contributed by atoms with Crippen molar-refractivity contribution in [2.75, 3.05) is 0 Å². The van der Waals surface area contributed by atoms with Crippen LogP contribution in [-0.4, -0.2) is 17.4 Å². The smallest absolute Gasteiger partial charge is 0.306 e. The normalized spacial score (nSPS) is 13.3. The fraction of sp³-hybridized carbons (Fsp3) is 0.579. The van der Waals surface area contributed by atoms with Crippen LogP contribution in [0.25, 0.3) is 0 Å². The number of esters is 1. The molecule has 1 N–H and O–H groups in total. The molecule has 1 aromatic carbocycles. The molecule has 0 aliphatic carbocycles. The number of ether oxygens (including phenoxy) is 1. The zero-order valence-corrected chi connectivity index (χ0v) is 15.1. The summed E-state index contributed by atoms with van der Waals surface area (Å²) in [6.45, 7) is 11.9. The molecule has 23 heavy (non-hydrogen) atoms. The minimum absolute atomic E-state index is 0.0816. The lowest BCUT2D eigenvalue weighted by Crippen LogP contribution is -2.47. The van der Waals surface area contributed by atoms with Gasteiger partial charge in [-0.1, -0.05) is 51.1 Å². The Labute approximate surface area is 139 Å². The number of hydrogen-bond donors (Lipinski definition) is 1. The van der Waals surface area contributed by atoms with Gasteiger partial charge in [-0.15, -0.1) is 0 Å². The number of nitrogens with one attached hydrogen (secondary N) is 1. The zero-order valence-electron chi connectivity index (χ0n) is 15.1. The van der Waals surface area contributed by atoms with Gasteiger partial charge >= 0.3 is 5.97 Å². The van der Waals surface area contributed by atoms with Crippen LogP contribution in [-0.2, 0) is 20.9 Å². The van der Waals surface area contributed by atoms with Crippen LogP contribution in [0.4, 0.5) is 0 Å². The fourth-order valence-corrected chi connectivity index (χ4v) is 2.21. The molecule has 0 heterocycles. The molecular weight excluding hydrogens is 290 g/mol. The molecule has 4 nitrogen and oxygen atoms in total. The Kier molecular flexibility index (Phi) is 6.37. The van der Waals surface area contributed by atoms with Crippen LogP contribution in [0.2, 0.25) is 0 Å². The van der Waals surface area contributed by atoms with Crippen LogP contribution in [0.5, 0.6) is 0 Å². The number of carbonyl (C=O) groups is 2. The van der Waals surface area contributed by atoms with Crippen molar-refractivity contribution in [2.24, 2.45) is 11.3 Å². The van der Waals surface area contributed by atoms with Gasteiger partial charge in [-0.25, -0.2) is 0 Å². The number of carbonyl (C=O) groups excluding carboxylic acids is 2. The van der Waals surface area contributed by atoms with Crippen molar-refractivity contribution >= 4 is 11.9 Å². The first-order valence-corrected chi connectivity index (χ1v) is 8.00. The molecule has 0 fully saturated rings. The summed E-state index contributed by atoms with van der Waals surface area (Å²) in [5.41, 5.74) is 0.294. The van der Waals surface area contributed by atoms with Gasteiger partial charge in [0.1, 0.15) is 6.61 Å². The Bertz CT molecular complexity index is 524. The second-order valence-electron chi connectivity index (χ2n) is 8.01. The van der Waals surface area contributed by atoms with Gasteiger partial charge in [0.2, 0.25) is 5.91 Å². The number of hydrogen-bond acceptors (Lipinski definition) is 3. The average Bonchev–Trinajstić information content (AvgIpc) is 2.40. The Balaban J connectivity index is 2.66. The van der Waals surface area contributed by atoms with E-state index in [4.69, 9.17) is 4.74 Å². The van der Waals surface area contributed by atoms with Gasteiger partial charge in [0.05, 0.1) is 12.3 Å². The van der Waals surface area contributed by atoms with Crippen molar-refractivity contribution in [3.05, 3.63) is 35.9 Å². The molecule has 0 saturated carbocycles. The Morgan fingerprint density at radius 1 is 1.04 bits per heavy atom. The van der Waals surface area contributed by atoms with E-state index in [1.807, 2.05) is 71.9 Å². The molecule has 1 atom stereocenters. The third kappa shape index (κ3) is 7.31. The molecule has 1 aromatic rings. The van der Waals surface area contributed by atoms with E-state index in [1.54, 1.807) is 0 Å². The molecule has 0 aromatic heterocycles. The topological polar surface area (TPSA) is 55.4 Å². The molecule has 128 valence electrons. The quantitative estimate of drug-likeness (QED) is 0.842. The summed E-state index contributed by atoms with van der Waals surface area (Å²) < 4.78 is 5.32. The summed E-state index contributed by atoms with van der Waals surface area (Å²) in [6.07, 6.45) is 0.0816. The molecule has 0 aliphatic heterocycles. The zero-order chi connectivity index (χ0) is 17.7. The lowest BCUT2D eigenvalue weighted by molar-refractivity contribution is -0.150. The molecule has 0 spiro atoms. The summed E-state index contributed by atoms with van der Waals surface area (Å²) in [5, 5.41) is 2.96. The van der Waals surface area contributed by atoms with Crippen molar-refractivity contribution in [1.82, 2.24) is 5.32 Å². The van der Waals surface area contributed by atoms with Crippen molar-refractivity contribution in [3.8, 4) is 0 Å². The first kappa shape index (κ1) is 19.2. The van der Waals surface area contributed by atoms with Crippen LogP contribution in [0.3, 0.4) is 0 Å². The minimum Gasteiger partial charge on any atom is -0.461 e. The predicted octanol–water partition coefficient (Wildman–Crippen LogP) is 3.70. The van der Waals surface area contributed by atoms with Gasteiger partial charge in [0.25, 0.3) is 0 Å². The van der Waals surface area contributed by atoms with E-state index in [2.05, 4.69) is 5.32 Å². The van der Waals surface area contributed by atoms with E-state index < -0.39 is 5.92 Å². The maximum absolute atomic E-state index is 12.5. The van der Waals surface area contributed by atoms with Crippen LogP contribution in [0.15, 0.2) is 30.3 Å². The van der Waals surface area contributed by atoms with Crippen LogP contribution in [0, 0.1) is 11.3 Å². The molecule has 4 heteroatoms. The first-order valence-electron chi connectivity index (χ1n) is 8.00. The summed E-state index contributed by atoms with van der Waals surface area (Å²) in [5.74, 6) is -0.885. The molecule has 0 aliphatic rings. The Hall–Kier alpha value is -1.84. The monoisotopic (exact) mass is 319 g/mol. The highest BCUT2D eigenvalue weighted by atomic mass is 16.5. The lowest BCUT2D eigenvalue weighted by atomic mass is 9.78. The van der Waals surface area contributed by atoms with E-state index in [0.717, 1.165) is 5.56 Å². The first-order chi connectivity index (χ1) is 10.5. The van der Waals surface area contributed by atoms with E-state index in [9.17, 15) is 9.59 Å². The second kappa shape index (κ2) is 7.62. The maximum atomic E-state index is 12.5. The van der Waals surface area contributed by atoms with Crippen molar-refractivity contribution in [3.63, 3.8) is 0 Å². The molecule has 0 bridgehead atoms. The Morgan fingerprint density at radius 2 is 1.61 bits per heavy atom. The molecule has 0 radical (unpaired) electrons. The van der Waals surface area contributed by atoms with Crippen molar-refractivity contribution in [1.29, 1.82) is 0 Å². The van der Waals surface area contributed by atoms with Gasteiger partial charge in [-0.05, 0) is 31.7 Å². The van der Waals surface area contributed by atoms with E-state index in [1.165, 1.54) is 0 Å². The van der Waals surface area contributed by atoms with E-state index in [-0.39, 0.29) is 35.9 Å².